The highest BCUT2D eigenvalue weighted by Crippen LogP contribution is 2.18. The predicted molar refractivity (Wildman–Crippen MR) is 101 cm³/mol. The van der Waals surface area contributed by atoms with Gasteiger partial charge in [0.05, 0.1) is 12.2 Å². The van der Waals surface area contributed by atoms with E-state index in [0.717, 1.165) is 18.5 Å². The largest absolute Gasteiger partial charge is 0.377 e. The molecular formula is C20H21N3O2. The summed E-state index contributed by atoms with van der Waals surface area (Å²) in [5.41, 5.74) is 1.92. The van der Waals surface area contributed by atoms with Gasteiger partial charge in [0.15, 0.2) is 0 Å². The Hall–Kier alpha value is -2.95. The third-order valence-corrected chi connectivity index (χ3v) is 4.18. The highest BCUT2D eigenvalue weighted by molar-refractivity contribution is 5.74. The first kappa shape index (κ1) is 16.9. The van der Waals surface area contributed by atoms with Crippen LogP contribution in [0.4, 0.5) is 11.4 Å². The average molecular weight is 335 g/mol. The van der Waals surface area contributed by atoms with E-state index < -0.39 is 10.9 Å². The number of aryl methyl sites for hydroxylation is 1. The molecule has 2 N–H and O–H groups in total. The number of aromatic nitrogens is 1. The summed E-state index contributed by atoms with van der Waals surface area (Å²) >= 11 is 0. The van der Waals surface area contributed by atoms with Crippen molar-refractivity contribution in [2.45, 2.75) is 32.4 Å². The van der Waals surface area contributed by atoms with Crippen molar-refractivity contribution in [2.75, 3.05) is 10.6 Å². The minimum Gasteiger partial charge on any atom is -0.377 e. The number of nitrogens with zero attached hydrogens (tertiary/aromatic N) is 1. The Morgan fingerprint density at radius 2 is 1.68 bits per heavy atom. The third kappa shape index (κ3) is 4.12. The molecule has 3 aromatic rings. The topological polar surface area (TPSA) is 71.1 Å². The maximum Gasteiger partial charge on any atom is 0.253 e. The van der Waals surface area contributed by atoms with Crippen LogP contribution in [0, 0.1) is 0 Å². The van der Waals surface area contributed by atoms with Crippen molar-refractivity contribution in [1.82, 2.24) is 4.98 Å². The maximum atomic E-state index is 11.9. The fraction of sp³-hybridized carbons (Fsp3) is 0.250. The van der Waals surface area contributed by atoms with Crippen LogP contribution in [-0.2, 0) is 13.0 Å². The minimum atomic E-state index is -0.464. The molecule has 0 bridgehead atoms. The average Bonchev–Trinajstić information content (AvgIpc) is 2.67. The minimum absolute atomic E-state index is 0.0962. The summed E-state index contributed by atoms with van der Waals surface area (Å²) in [7, 11) is 0. The summed E-state index contributed by atoms with van der Waals surface area (Å²) in [5.74, 6) is 0. The molecule has 0 aliphatic heterocycles. The Morgan fingerprint density at radius 3 is 2.40 bits per heavy atom. The molecule has 5 heteroatoms. The molecule has 0 unspecified atom stereocenters. The molecule has 0 aliphatic carbocycles. The first-order valence-corrected chi connectivity index (χ1v) is 8.42. The maximum absolute atomic E-state index is 11.9. The molecule has 0 saturated carbocycles. The van der Waals surface area contributed by atoms with E-state index in [1.807, 2.05) is 43.3 Å². The fourth-order valence-electron chi connectivity index (χ4n) is 2.73. The normalized spacial score (nSPS) is 12.0. The van der Waals surface area contributed by atoms with E-state index >= 15 is 0 Å². The SMILES string of the molecule is C[C@@H](CCc1ccccc1)Nc1c(NCc2ccccn2)c(=O)c1=O. The van der Waals surface area contributed by atoms with Gasteiger partial charge in [-0.25, -0.2) is 0 Å². The molecule has 3 rings (SSSR count). The molecule has 1 heterocycles. The summed E-state index contributed by atoms with van der Waals surface area (Å²) in [6.07, 6.45) is 3.49. The molecule has 5 nitrogen and oxygen atoms in total. The van der Waals surface area contributed by atoms with Crippen LogP contribution in [0.3, 0.4) is 0 Å². The molecule has 1 aromatic heterocycles. The standard InChI is InChI=1S/C20H21N3O2/c1-14(10-11-15-7-3-2-4-8-15)23-18-17(19(24)20(18)25)22-13-16-9-5-6-12-21-16/h2-9,12,14,22-23H,10-11,13H2,1H3/t14-/m0/s1. The van der Waals surface area contributed by atoms with Gasteiger partial charge in [0.2, 0.25) is 0 Å². The number of pyridine rings is 1. The van der Waals surface area contributed by atoms with E-state index in [4.69, 9.17) is 0 Å². The molecule has 0 amide bonds. The Bertz CT molecular complexity index is 884. The second-order valence-electron chi connectivity index (χ2n) is 6.15. The van der Waals surface area contributed by atoms with Gasteiger partial charge in [-0.3, -0.25) is 14.6 Å². The van der Waals surface area contributed by atoms with Crippen molar-refractivity contribution in [3.8, 4) is 0 Å². The quantitative estimate of drug-likeness (QED) is 0.619. The summed E-state index contributed by atoms with van der Waals surface area (Å²) in [6.45, 7) is 2.43. The van der Waals surface area contributed by atoms with E-state index in [9.17, 15) is 9.59 Å². The molecule has 0 spiro atoms. The van der Waals surface area contributed by atoms with Crippen molar-refractivity contribution >= 4 is 11.4 Å². The highest BCUT2D eigenvalue weighted by atomic mass is 16.2. The lowest BCUT2D eigenvalue weighted by atomic mass is 10.1. The number of nitrogens with one attached hydrogen (secondary N) is 2. The zero-order chi connectivity index (χ0) is 17.6. The van der Waals surface area contributed by atoms with E-state index in [-0.39, 0.29) is 6.04 Å². The van der Waals surface area contributed by atoms with E-state index in [2.05, 4.69) is 27.8 Å². The smallest absolute Gasteiger partial charge is 0.253 e. The second-order valence-corrected chi connectivity index (χ2v) is 6.15. The molecule has 128 valence electrons. The van der Waals surface area contributed by atoms with E-state index in [0.29, 0.717) is 17.9 Å². The summed E-state index contributed by atoms with van der Waals surface area (Å²) in [5, 5.41) is 6.21. The van der Waals surface area contributed by atoms with Crippen molar-refractivity contribution < 1.29 is 0 Å². The molecule has 1 atom stereocenters. The lowest BCUT2D eigenvalue weighted by molar-refractivity contribution is 0.704. The van der Waals surface area contributed by atoms with Crippen LogP contribution in [0.1, 0.15) is 24.6 Å². The lowest BCUT2D eigenvalue weighted by Gasteiger charge is -2.19. The van der Waals surface area contributed by atoms with Gasteiger partial charge >= 0.3 is 0 Å². The summed E-state index contributed by atoms with van der Waals surface area (Å²) in [6, 6.07) is 15.9. The number of anilines is 2. The van der Waals surface area contributed by atoms with Gasteiger partial charge in [0, 0.05) is 12.2 Å². The van der Waals surface area contributed by atoms with Crippen molar-refractivity contribution in [1.29, 1.82) is 0 Å². The Morgan fingerprint density at radius 1 is 0.960 bits per heavy atom. The Balaban J connectivity index is 1.58. The molecule has 0 radical (unpaired) electrons. The monoisotopic (exact) mass is 335 g/mol. The molecular weight excluding hydrogens is 314 g/mol. The number of hydrogen-bond donors (Lipinski definition) is 2. The van der Waals surface area contributed by atoms with Gasteiger partial charge in [-0.1, -0.05) is 36.4 Å². The van der Waals surface area contributed by atoms with Crippen molar-refractivity contribution in [2.24, 2.45) is 0 Å². The van der Waals surface area contributed by atoms with E-state index in [1.54, 1.807) is 6.20 Å². The zero-order valence-electron chi connectivity index (χ0n) is 14.2. The Labute approximate surface area is 146 Å². The van der Waals surface area contributed by atoms with Gasteiger partial charge in [0.1, 0.15) is 11.4 Å². The van der Waals surface area contributed by atoms with Gasteiger partial charge in [0.25, 0.3) is 10.9 Å². The third-order valence-electron chi connectivity index (χ3n) is 4.18. The predicted octanol–water partition coefficient (Wildman–Crippen LogP) is 2.72. The van der Waals surface area contributed by atoms with Crippen LogP contribution in [0.15, 0.2) is 64.3 Å². The zero-order valence-corrected chi connectivity index (χ0v) is 14.2. The van der Waals surface area contributed by atoms with Crippen LogP contribution in [0.2, 0.25) is 0 Å². The van der Waals surface area contributed by atoms with Crippen molar-refractivity contribution in [3.63, 3.8) is 0 Å². The Kier molecular flexibility index (Phi) is 5.23. The first-order chi connectivity index (χ1) is 12.1. The lowest BCUT2D eigenvalue weighted by Crippen LogP contribution is -2.39. The van der Waals surface area contributed by atoms with Crippen LogP contribution in [-0.4, -0.2) is 11.0 Å². The summed E-state index contributed by atoms with van der Waals surface area (Å²) in [4.78, 5) is 27.9. The second kappa shape index (κ2) is 7.75. The molecule has 0 aliphatic rings. The molecule has 2 aromatic carbocycles. The highest BCUT2D eigenvalue weighted by Gasteiger charge is 2.21. The van der Waals surface area contributed by atoms with Gasteiger partial charge < -0.3 is 10.6 Å². The van der Waals surface area contributed by atoms with Gasteiger partial charge in [-0.2, -0.15) is 0 Å². The van der Waals surface area contributed by atoms with Crippen LogP contribution >= 0.6 is 0 Å². The molecule has 0 saturated heterocycles. The van der Waals surface area contributed by atoms with Gasteiger partial charge in [-0.15, -0.1) is 0 Å². The van der Waals surface area contributed by atoms with Gasteiger partial charge in [-0.05, 0) is 37.5 Å². The van der Waals surface area contributed by atoms with Crippen LogP contribution in [0.5, 0.6) is 0 Å². The fourth-order valence-corrected chi connectivity index (χ4v) is 2.73. The van der Waals surface area contributed by atoms with Crippen LogP contribution < -0.4 is 21.5 Å². The first-order valence-electron chi connectivity index (χ1n) is 8.42. The van der Waals surface area contributed by atoms with E-state index in [1.165, 1.54) is 5.56 Å². The van der Waals surface area contributed by atoms with Crippen LogP contribution in [0.25, 0.3) is 0 Å². The number of hydrogen-bond acceptors (Lipinski definition) is 5. The number of rotatable bonds is 8. The summed E-state index contributed by atoms with van der Waals surface area (Å²) < 4.78 is 0. The van der Waals surface area contributed by atoms with Crippen molar-refractivity contribution in [3.05, 3.63) is 86.4 Å². The molecule has 0 fully saturated rings. The molecule has 25 heavy (non-hydrogen) atoms. The number of benzene rings is 1.